The molecular formula is C17H24ClN5O4S. The fraction of sp³-hybridized carbons (Fsp3) is 0.588. The zero-order chi connectivity index (χ0) is 19.0. The van der Waals surface area contributed by atoms with E-state index in [1.165, 1.54) is 0 Å². The molecule has 154 valence electrons. The van der Waals surface area contributed by atoms with E-state index < -0.39 is 10.0 Å². The van der Waals surface area contributed by atoms with Crippen molar-refractivity contribution < 1.29 is 18.0 Å². The van der Waals surface area contributed by atoms with Crippen LogP contribution in [0.5, 0.6) is 0 Å². The lowest BCUT2D eigenvalue weighted by molar-refractivity contribution is -0.138. The highest BCUT2D eigenvalue weighted by Gasteiger charge is 2.36. The molecule has 4 heterocycles. The summed E-state index contributed by atoms with van der Waals surface area (Å²) in [6.07, 6.45) is 6.79. The van der Waals surface area contributed by atoms with Crippen LogP contribution in [0.3, 0.4) is 0 Å². The lowest BCUT2D eigenvalue weighted by atomic mass is 10.0. The van der Waals surface area contributed by atoms with Gasteiger partial charge in [-0.25, -0.2) is 8.42 Å². The quantitative estimate of drug-likeness (QED) is 0.624. The number of piperidine rings is 1. The zero-order valence-corrected chi connectivity index (χ0v) is 17.0. The molecule has 1 N–H and O–H groups in total. The molecule has 1 unspecified atom stereocenters. The average molecular weight is 430 g/mol. The van der Waals surface area contributed by atoms with Gasteiger partial charge in [-0.15, -0.1) is 16.8 Å². The summed E-state index contributed by atoms with van der Waals surface area (Å²) in [5.41, 5.74) is 0.299. The van der Waals surface area contributed by atoms with Crippen LogP contribution in [-0.4, -0.2) is 91.8 Å². The van der Waals surface area contributed by atoms with Gasteiger partial charge in [0, 0.05) is 45.0 Å². The molecule has 11 heteroatoms. The number of nitrogens with zero attached hydrogens (tertiary/aromatic N) is 4. The first kappa shape index (κ1) is 20.8. The number of rotatable bonds is 2. The number of carbonyl (C=O) groups excluding carboxylic acids is 2. The molecule has 1 atom stereocenters. The van der Waals surface area contributed by atoms with E-state index in [0.29, 0.717) is 38.3 Å². The molecule has 2 saturated heterocycles. The Hall–Kier alpha value is -1.91. The molecule has 0 bridgehead atoms. The van der Waals surface area contributed by atoms with E-state index in [0.717, 1.165) is 19.4 Å². The predicted molar refractivity (Wildman–Crippen MR) is 107 cm³/mol. The number of hydrogen-bond donors (Lipinski definition) is 1. The third-order valence-corrected chi connectivity index (χ3v) is 6.49. The molecule has 0 spiro atoms. The number of nitrogens with one attached hydrogen (secondary N) is 1. The van der Waals surface area contributed by atoms with Gasteiger partial charge in [-0.2, -0.15) is 0 Å². The van der Waals surface area contributed by atoms with Gasteiger partial charge in [0.1, 0.15) is 0 Å². The summed E-state index contributed by atoms with van der Waals surface area (Å²) in [5.74, 6) is -0.0185. The summed E-state index contributed by atoms with van der Waals surface area (Å²) in [6, 6.07) is 0.00478. The first-order chi connectivity index (χ1) is 12.9. The Balaban J connectivity index is 0.00000225. The molecule has 0 aromatic rings. The summed E-state index contributed by atoms with van der Waals surface area (Å²) >= 11 is 0. The van der Waals surface area contributed by atoms with Gasteiger partial charge in [0.05, 0.1) is 17.9 Å². The second kappa shape index (κ2) is 8.22. The maximum Gasteiger partial charge on any atom is 0.257 e. The van der Waals surface area contributed by atoms with Crippen LogP contribution in [0.1, 0.15) is 12.8 Å². The van der Waals surface area contributed by atoms with Crippen molar-refractivity contribution in [3.8, 4) is 0 Å². The molecule has 0 aliphatic carbocycles. The van der Waals surface area contributed by atoms with Gasteiger partial charge >= 0.3 is 0 Å². The third kappa shape index (κ3) is 4.08. The van der Waals surface area contributed by atoms with Crippen molar-refractivity contribution in [1.29, 1.82) is 0 Å². The molecule has 28 heavy (non-hydrogen) atoms. The minimum atomic E-state index is -3.54. The van der Waals surface area contributed by atoms with Crippen LogP contribution in [0, 0.1) is 0 Å². The van der Waals surface area contributed by atoms with Gasteiger partial charge in [-0.05, 0) is 25.0 Å². The minimum absolute atomic E-state index is 0. The van der Waals surface area contributed by atoms with Crippen LogP contribution in [0.25, 0.3) is 0 Å². The zero-order valence-electron chi connectivity index (χ0n) is 15.4. The Labute approximate surface area is 170 Å². The number of piperazine rings is 1. The lowest BCUT2D eigenvalue weighted by Crippen LogP contribution is -2.58. The van der Waals surface area contributed by atoms with E-state index >= 15 is 0 Å². The smallest absolute Gasteiger partial charge is 0.257 e. The molecule has 4 aliphatic rings. The summed E-state index contributed by atoms with van der Waals surface area (Å²) in [6.45, 7) is 3.10. The Bertz CT molecular complexity index is 854. The summed E-state index contributed by atoms with van der Waals surface area (Å²) in [4.78, 5) is 30.6. The number of likely N-dealkylation sites (tertiary alicyclic amines) is 1. The van der Waals surface area contributed by atoms with Crippen LogP contribution in [0.2, 0.25) is 0 Å². The van der Waals surface area contributed by atoms with Gasteiger partial charge in [-0.3, -0.25) is 9.59 Å². The lowest BCUT2D eigenvalue weighted by Gasteiger charge is -2.41. The van der Waals surface area contributed by atoms with Crippen LogP contribution >= 0.6 is 12.4 Å². The van der Waals surface area contributed by atoms with Crippen molar-refractivity contribution in [2.24, 2.45) is 4.40 Å². The number of amides is 2. The summed E-state index contributed by atoms with van der Waals surface area (Å²) in [5, 5.41) is 3.06. The molecule has 4 rings (SSSR count). The van der Waals surface area contributed by atoms with Crippen molar-refractivity contribution in [3.63, 3.8) is 0 Å². The second-order valence-electron chi connectivity index (χ2n) is 7.13. The molecule has 2 amide bonds. The molecule has 4 aliphatic heterocycles. The van der Waals surface area contributed by atoms with Gasteiger partial charge in [0.15, 0.2) is 5.84 Å². The predicted octanol–water partition coefficient (Wildman–Crippen LogP) is -0.671. The number of amidine groups is 1. The van der Waals surface area contributed by atoms with Gasteiger partial charge in [0.2, 0.25) is 5.91 Å². The van der Waals surface area contributed by atoms with Crippen molar-refractivity contribution in [1.82, 2.24) is 20.0 Å². The fourth-order valence-corrected chi connectivity index (χ4v) is 4.94. The number of allylic oxidation sites excluding steroid dienone is 2. The molecule has 0 saturated carbocycles. The number of carbonyl (C=O) groups is 2. The highest BCUT2D eigenvalue weighted by atomic mass is 35.5. The molecule has 2 fully saturated rings. The highest BCUT2D eigenvalue weighted by molar-refractivity contribution is 7.90. The highest BCUT2D eigenvalue weighted by Crippen LogP contribution is 2.23. The average Bonchev–Trinajstić information content (AvgIpc) is 2.67. The largest absolute Gasteiger partial charge is 0.336 e. The maximum absolute atomic E-state index is 13.1. The normalized spacial score (nSPS) is 26.8. The first-order valence-corrected chi connectivity index (χ1v) is 10.8. The SMILES string of the molecule is Cl.O=C(C1=CC=CN2CCS(=O)(=O)N=C12)N1CCCC(N2CCNCC2=O)C1. The number of halogens is 1. The monoisotopic (exact) mass is 429 g/mol. The molecule has 0 radical (unpaired) electrons. The second-order valence-corrected chi connectivity index (χ2v) is 8.88. The van der Waals surface area contributed by atoms with Gasteiger partial charge < -0.3 is 20.0 Å². The van der Waals surface area contributed by atoms with Gasteiger partial charge in [-0.1, -0.05) is 0 Å². The van der Waals surface area contributed by atoms with Crippen molar-refractivity contribution in [2.45, 2.75) is 18.9 Å². The van der Waals surface area contributed by atoms with Crippen molar-refractivity contribution in [3.05, 3.63) is 23.9 Å². The molecule has 0 aromatic heterocycles. The van der Waals surface area contributed by atoms with Gasteiger partial charge in [0.25, 0.3) is 15.9 Å². The van der Waals surface area contributed by atoms with E-state index in [1.54, 1.807) is 28.2 Å². The van der Waals surface area contributed by atoms with E-state index in [2.05, 4.69) is 9.71 Å². The summed E-state index contributed by atoms with van der Waals surface area (Å²) in [7, 11) is -3.54. The Kier molecular flexibility index (Phi) is 6.11. The first-order valence-electron chi connectivity index (χ1n) is 9.22. The van der Waals surface area contributed by atoms with Crippen LogP contribution < -0.4 is 5.32 Å². The fourth-order valence-electron chi connectivity index (χ4n) is 3.95. The number of hydrogen-bond acceptors (Lipinski definition) is 6. The Morgan fingerprint density at radius 1 is 1.25 bits per heavy atom. The van der Waals surface area contributed by atoms with E-state index in [1.807, 2.05) is 4.90 Å². The van der Waals surface area contributed by atoms with Crippen LogP contribution in [0.4, 0.5) is 0 Å². The minimum Gasteiger partial charge on any atom is -0.336 e. The van der Waals surface area contributed by atoms with Crippen LogP contribution in [-0.2, 0) is 19.6 Å². The number of sulfonamides is 1. The number of fused-ring (bicyclic) bond motifs is 1. The molecule has 9 nitrogen and oxygen atoms in total. The maximum atomic E-state index is 13.1. The van der Waals surface area contributed by atoms with Crippen molar-refractivity contribution in [2.75, 3.05) is 45.0 Å². The molecule has 0 aromatic carbocycles. The topological polar surface area (TPSA) is 102 Å². The summed E-state index contributed by atoms with van der Waals surface area (Å²) < 4.78 is 27.6. The van der Waals surface area contributed by atoms with Crippen LogP contribution in [0.15, 0.2) is 28.3 Å². The standard InChI is InChI=1S/C17H23N5O4S.ClH/c23-15-11-18-5-8-22(15)13-3-1-7-21(12-13)17(24)14-4-2-6-20-9-10-27(25,26)19-16(14)20;/h2,4,6,13,18H,1,3,5,7-12H2;1H. The third-order valence-electron chi connectivity index (χ3n) is 5.34. The molecular weight excluding hydrogens is 406 g/mol. The van der Waals surface area contributed by atoms with E-state index in [-0.39, 0.29) is 41.9 Å². The van der Waals surface area contributed by atoms with E-state index in [4.69, 9.17) is 0 Å². The Morgan fingerprint density at radius 3 is 2.86 bits per heavy atom. The van der Waals surface area contributed by atoms with Crippen molar-refractivity contribution >= 4 is 40.1 Å². The van der Waals surface area contributed by atoms with E-state index in [9.17, 15) is 18.0 Å². The Morgan fingerprint density at radius 2 is 2.07 bits per heavy atom.